The standard InChI is InChI=1S/C13H17N3O2/c1-8(2)11(13(17)18)7-15-12-5-10(6-14)4-9(3)16-12/h4-5,8,11H,7H2,1-3H3,(H,15,16)(H,17,18). The summed E-state index contributed by atoms with van der Waals surface area (Å²) >= 11 is 0. The highest BCUT2D eigenvalue weighted by Crippen LogP contribution is 2.14. The van der Waals surface area contributed by atoms with E-state index in [1.807, 2.05) is 19.9 Å². The minimum absolute atomic E-state index is 0.0373. The average Bonchev–Trinajstić information content (AvgIpc) is 2.27. The van der Waals surface area contributed by atoms with Gasteiger partial charge >= 0.3 is 5.97 Å². The molecule has 1 heterocycles. The van der Waals surface area contributed by atoms with E-state index in [1.54, 1.807) is 19.1 Å². The zero-order valence-corrected chi connectivity index (χ0v) is 10.8. The second-order valence-electron chi connectivity index (χ2n) is 4.56. The number of hydrogen-bond donors (Lipinski definition) is 2. The van der Waals surface area contributed by atoms with Gasteiger partial charge in [0.15, 0.2) is 0 Å². The van der Waals surface area contributed by atoms with Crippen LogP contribution in [0.4, 0.5) is 5.82 Å². The Balaban J connectivity index is 2.77. The van der Waals surface area contributed by atoms with Crippen molar-refractivity contribution in [2.75, 3.05) is 11.9 Å². The number of anilines is 1. The maximum absolute atomic E-state index is 11.0. The minimum atomic E-state index is -0.828. The van der Waals surface area contributed by atoms with Crippen LogP contribution in [0.15, 0.2) is 12.1 Å². The highest BCUT2D eigenvalue weighted by Gasteiger charge is 2.21. The van der Waals surface area contributed by atoms with Gasteiger partial charge in [-0.25, -0.2) is 4.98 Å². The average molecular weight is 247 g/mol. The number of nitriles is 1. The predicted molar refractivity (Wildman–Crippen MR) is 68.1 cm³/mol. The Morgan fingerprint density at radius 1 is 1.56 bits per heavy atom. The van der Waals surface area contributed by atoms with Gasteiger partial charge in [0.25, 0.3) is 0 Å². The van der Waals surface area contributed by atoms with E-state index in [1.165, 1.54) is 0 Å². The van der Waals surface area contributed by atoms with Crippen molar-refractivity contribution >= 4 is 11.8 Å². The van der Waals surface area contributed by atoms with Crippen molar-refractivity contribution in [3.63, 3.8) is 0 Å². The molecule has 0 aromatic carbocycles. The van der Waals surface area contributed by atoms with Crippen molar-refractivity contribution in [2.24, 2.45) is 11.8 Å². The topological polar surface area (TPSA) is 86.0 Å². The third-order valence-corrected chi connectivity index (χ3v) is 2.71. The van der Waals surface area contributed by atoms with Gasteiger partial charge in [0.1, 0.15) is 5.82 Å². The second kappa shape index (κ2) is 6.01. The van der Waals surface area contributed by atoms with E-state index in [2.05, 4.69) is 10.3 Å². The summed E-state index contributed by atoms with van der Waals surface area (Å²) in [5.74, 6) is -0.725. The first kappa shape index (κ1) is 14.0. The Bertz CT molecular complexity index is 478. The van der Waals surface area contributed by atoms with Crippen LogP contribution in [-0.2, 0) is 4.79 Å². The first-order valence-corrected chi connectivity index (χ1v) is 5.79. The summed E-state index contributed by atoms with van der Waals surface area (Å²) in [5, 5.41) is 20.9. The van der Waals surface area contributed by atoms with Crippen LogP contribution in [0.3, 0.4) is 0 Å². The Morgan fingerprint density at radius 2 is 2.22 bits per heavy atom. The molecule has 1 aromatic rings. The van der Waals surface area contributed by atoms with Crippen LogP contribution in [0.25, 0.3) is 0 Å². The molecule has 2 N–H and O–H groups in total. The first-order valence-electron chi connectivity index (χ1n) is 5.79. The quantitative estimate of drug-likeness (QED) is 0.831. The molecule has 0 saturated heterocycles. The summed E-state index contributed by atoms with van der Waals surface area (Å²) in [4.78, 5) is 15.3. The first-order chi connectivity index (χ1) is 8.43. The fourth-order valence-corrected chi connectivity index (χ4v) is 1.65. The number of aliphatic carboxylic acids is 1. The lowest BCUT2D eigenvalue weighted by molar-refractivity contribution is -0.142. The van der Waals surface area contributed by atoms with Crippen molar-refractivity contribution in [3.8, 4) is 6.07 Å². The van der Waals surface area contributed by atoms with E-state index < -0.39 is 11.9 Å². The van der Waals surface area contributed by atoms with E-state index >= 15 is 0 Å². The largest absolute Gasteiger partial charge is 0.481 e. The van der Waals surface area contributed by atoms with Crippen molar-refractivity contribution < 1.29 is 9.90 Å². The highest BCUT2D eigenvalue weighted by atomic mass is 16.4. The monoisotopic (exact) mass is 247 g/mol. The predicted octanol–water partition coefficient (Wildman–Crippen LogP) is 2.03. The van der Waals surface area contributed by atoms with Gasteiger partial charge in [0.2, 0.25) is 0 Å². The van der Waals surface area contributed by atoms with Crippen LogP contribution < -0.4 is 5.32 Å². The third-order valence-electron chi connectivity index (χ3n) is 2.71. The van der Waals surface area contributed by atoms with Crippen LogP contribution in [0.2, 0.25) is 0 Å². The van der Waals surface area contributed by atoms with E-state index in [9.17, 15) is 4.79 Å². The zero-order valence-electron chi connectivity index (χ0n) is 10.8. The lowest BCUT2D eigenvalue weighted by atomic mass is 9.96. The summed E-state index contributed by atoms with van der Waals surface area (Å²) in [5.41, 5.74) is 1.24. The number of nitrogens with one attached hydrogen (secondary N) is 1. The minimum Gasteiger partial charge on any atom is -0.481 e. The number of aromatic nitrogens is 1. The smallest absolute Gasteiger partial charge is 0.308 e. The molecule has 1 atom stereocenters. The molecule has 0 saturated carbocycles. The number of carboxylic acids is 1. The number of hydrogen-bond acceptors (Lipinski definition) is 4. The van der Waals surface area contributed by atoms with Crippen molar-refractivity contribution in [2.45, 2.75) is 20.8 Å². The van der Waals surface area contributed by atoms with Crippen molar-refractivity contribution in [1.82, 2.24) is 4.98 Å². The van der Waals surface area contributed by atoms with E-state index in [0.717, 1.165) is 5.69 Å². The van der Waals surface area contributed by atoms with Gasteiger partial charge in [0, 0.05) is 12.2 Å². The Morgan fingerprint density at radius 3 is 2.72 bits per heavy atom. The normalized spacial score (nSPS) is 11.9. The number of carbonyl (C=O) groups is 1. The lowest BCUT2D eigenvalue weighted by Crippen LogP contribution is -2.27. The summed E-state index contributed by atoms with van der Waals surface area (Å²) < 4.78 is 0. The molecular formula is C13H17N3O2. The van der Waals surface area contributed by atoms with E-state index in [4.69, 9.17) is 10.4 Å². The van der Waals surface area contributed by atoms with Crippen LogP contribution >= 0.6 is 0 Å². The third kappa shape index (κ3) is 3.74. The number of aryl methyl sites for hydroxylation is 1. The van der Waals surface area contributed by atoms with Gasteiger partial charge in [-0.1, -0.05) is 13.8 Å². The van der Waals surface area contributed by atoms with Gasteiger partial charge < -0.3 is 10.4 Å². The van der Waals surface area contributed by atoms with Gasteiger partial charge in [-0.05, 0) is 25.0 Å². The van der Waals surface area contributed by atoms with Crippen LogP contribution in [0.1, 0.15) is 25.1 Å². The van der Waals surface area contributed by atoms with Crippen LogP contribution in [0, 0.1) is 30.1 Å². The molecule has 0 spiro atoms. The summed E-state index contributed by atoms with van der Waals surface area (Å²) in [6.07, 6.45) is 0. The van der Waals surface area contributed by atoms with Crippen LogP contribution in [-0.4, -0.2) is 22.6 Å². The second-order valence-corrected chi connectivity index (χ2v) is 4.56. The molecule has 0 amide bonds. The van der Waals surface area contributed by atoms with E-state index in [-0.39, 0.29) is 5.92 Å². The summed E-state index contributed by atoms with van der Waals surface area (Å²) in [6.45, 7) is 5.83. The molecule has 0 radical (unpaired) electrons. The number of pyridine rings is 1. The maximum atomic E-state index is 11.0. The molecule has 0 aliphatic carbocycles. The molecule has 18 heavy (non-hydrogen) atoms. The van der Waals surface area contributed by atoms with Gasteiger partial charge in [0.05, 0.1) is 17.6 Å². The van der Waals surface area contributed by atoms with Crippen molar-refractivity contribution in [1.29, 1.82) is 5.26 Å². The number of nitrogens with zero attached hydrogens (tertiary/aromatic N) is 2. The molecule has 0 aliphatic heterocycles. The summed E-state index contributed by atoms with van der Waals surface area (Å²) in [7, 11) is 0. The molecule has 5 nitrogen and oxygen atoms in total. The van der Waals surface area contributed by atoms with Gasteiger partial charge in [-0.3, -0.25) is 4.79 Å². The van der Waals surface area contributed by atoms with Crippen molar-refractivity contribution in [3.05, 3.63) is 23.4 Å². The zero-order chi connectivity index (χ0) is 13.7. The fraction of sp³-hybridized carbons (Fsp3) is 0.462. The Kier molecular flexibility index (Phi) is 4.67. The number of rotatable bonds is 5. The van der Waals surface area contributed by atoms with Gasteiger partial charge in [-0.2, -0.15) is 5.26 Å². The summed E-state index contributed by atoms with van der Waals surface area (Å²) in [6, 6.07) is 5.35. The molecule has 1 rings (SSSR count). The molecule has 0 aliphatic rings. The van der Waals surface area contributed by atoms with Crippen LogP contribution in [0.5, 0.6) is 0 Å². The SMILES string of the molecule is Cc1cc(C#N)cc(NCC(C(=O)O)C(C)C)n1. The molecule has 1 aromatic heterocycles. The van der Waals surface area contributed by atoms with Gasteiger partial charge in [-0.15, -0.1) is 0 Å². The highest BCUT2D eigenvalue weighted by molar-refractivity contribution is 5.71. The molecule has 96 valence electrons. The molecule has 5 heteroatoms. The molecule has 0 fully saturated rings. The molecule has 1 unspecified atom stereocenters. The Hall–Kier alpha value is -2.09. The Labute approximate surface area is 106 Å². The fourth-order valence-electron chi connectivity index (χ4n) is 1.65. The number of carboxylic acid groups (broad SMARTS) is 1. The van der Waals surface area contributed by atoms with E-state index in [0.29, 0.717) is 17.9 Å². The molecule has 0 bridgehead atoms. The molecular weight excluding hydrogens is 230 g/mol. The lowest BCUT2D eigenvalue weighted by Gasteiger charge is -2.17. The maximum Gasteiger partial charge on any atom is 0.308 e.